The minimum Gasteiger partial charge on any atom is -0.342 e. The van der Waals surface area contributed by atoms with Crippen molar-refractivity contribution in [2.75, 3.05) is 5.32 Å². The molecule has 4 heterocycles. The fourth-order valence-corrected chi connectivity index (χ4v) is 3.74. The van der Waals surface area contributed by atoms with Crippen molar-refractivity contribution in [1.29, 1.82) is 0 Å². The molecule has 0 aromatic carbocycles. The Kier molecular flexibility index (Phi) is 3.32. The molecule has 3 N–H and O–H groups in total. The zero-order chi connectivity index (χ0) is 16.0. The summed E-state index contributed by atoms with van der Waals surface area (Å²) in [6.45, 7) is 0. The first kappa shape index (κ1) is 14.2. The minimum absolute atomic E-state index is 0.240. The summed E-state index contributed by atoms with van der Waals surface area (Å²) in [4.78, 5) is 32.3. The molecule has 1 aliphatic rings. The van der Waals surface area contributed by atoms with Gasteiger partial charge >= 0.3 is 0 Å². The zero-order valence-electron chi connectivity index (χ0n) is 11.7. The van der Waals surface area contributed by atoms with Crippen molar-refractivity contribution in [2.45, 2.75) is 12.5 Å². The smallest absolute Gasteiger partial charge is 0.268 e. The lowest BCUT2D eigenvalue weighted by atomic mass is 10.0. The Balaban J connectivity index is 1.54. The number of H-pyrrole nitrogens is 1. The zero-order valence-corrected chi connectivity index (χ0v) is 13.3. The molecule has 1 unspecified atom stereocenters. The van der Waals surface area contributed by atoms with Gasteiger partial charge in [0.25, 0.3) is 5.91 Å². The van der Waals surface area contributed by atoms with Crippen molar-refractivity contribution >= 4 is 50.7 Å². The quantitative estimate of drug-likeness (QED) is 0.666. The molecule has 0 bridgehead atoms. The van der Waals surface area contributed by atoms with Gasteiger partial charge in [-0.05, 0) is 23.8 Å². The minimum atomic E-state index is -0.609. The van der Waals surface area contributed by atoms with Crippen molar-refractivity contribution in [3.63, 3.8) is 0 Å². The molecule has 116 valence electrons. The van der Waals surface area contributed by atoms with E-state index in [2.05, 4.69) is 20.6 Å². The highest BCUT2D eigenvalue weighted by Gasteiger charge is 2.28. The molecule has 6 nitrogen and oxygen atoms in total. The van der Waals surface area contributed by atoms with Crippen LogP contribution in [-0.2, 0) is 11.2 Å². The summed E-state index contributed by atoms with van der Waals surface area (Å²) >= 11 is 7.29. The number of pyridine rings is 1. The van der Waals surface area contributed by atoms with Gasteiger partial charge in [0.2, 0.25) is 5.91 Å². The fourth-order valence-electron chi connectivity index (χ4n) is 2.61. The number of hydrogen-bond acceptors (Lipinski definition) is 4. The van der Waals surface area contributed by atoms with Gasteiger partial charge in [-0.3, -0.25) is 14.6 Å². The second-order valence-electron chi connectivity index (χ2n) is 5.27. The maximum Gasteiger partial charge on any atom is 0.268 e. The predicted molar refractivity (Wildman–Crippen MR) is 89.0 cm³/mol. The largest absolute Gasteiger partial charge is 0.342 e. The Hall–Kier alpha value is -2.38. The summed E-state index contributed by atoms with van der Waals surface area (Å²) in [6, 6.07) is 4.75. The second kappa shape index (κ2) is 5.36. The first-order valence-electron chi connectivity index (χ1n) is 6.93. The number of amides is 2. The summed E-state index contributed by atoms with van der Waals surface area (Å²) in [5.74, 6) is -0.558. The lowest BCUT2D eigenvalue weighted by molar-refractivity contribution is -0.118. The molecule has 0 fully saturated rings. The molecule has 1 atom stereocenters. The molecule has 1 aliphatic heterocycles. The van der Waals surface area contributed by atoms with Crippen molar-refractivity contribution in [3.8, 4) is 0 Å². The van der Waals surface area contributed by atoms with E-state index in [0.717, 1.165) is 15.8 Å². The van der Waals surface area contributed by atoms with E-state index in [1.165, 1.54) is 11.3 Å². The van der Waals surface area contributed by atoms with Crippen LogP contribution >= 0.6 is 22.9 Å². The number of aromatic amines is 1. The van der Waals surface area contributed by atoms with Crippen molar-refractivity contribution in [2.24, 2.45) is 0 Å². The third-order valence-electron chi connectivity index (χ3n) is 3.74. The number of nitrogens with one attached hydrogen (secondary N) is 3. The molecule has 3 aromatic heterocycles. The average Bonchev–Trinajstić information content (AvgIpc) is 3.05. The van der Waals surface area contributed by atoms with E-state index in [9.17, 15) is 9.59 Å². The van der Waals surface area contributed by atoms with Crippen LogP contribution in [0.15, 0.2) is 30.6 Å². The fraction of sp³-hybridized carbons (Fsp3) is 0.133. The van der Waals surface area contributed by atoms with Crippen LogP contribution in [0.2, 0.25) is 4.34 Å². The van der Waals surface area contributed by atoms with Crippen molar-refractivity contribution in [3.05, 3.63) is 46.2 Å². The van der Waals surface area contributed by atoms with E-state index in [0.29, 0.717) is 22.1 Å². The molecule has 2 amide bonds. The number of carbonyl (C=O) groups excluding carboxylic acids is 2. The van der Waals surface area contributed by atoms with Gasteiger partial charge in [0, 0.05) is 18.0 Å². The molecule has 0 spiro atoms. The lowest BCUT2D eigenvalue weighted by Crippen LogP contribution is -2.47. The van der Waals surface area contributed by atoms with Crippen LogP contribution in [0.25, 0.3) is 10.2 Å². The van der Waals surface area contributed by atoms with Gasteiger partial charge < -0.3 is 15.6 Å². The van der Waals surface area contributed by atoms with Gasteiger partial charge in [0.1, 0.15) is 16.6 Å². The lowest BCUT2D eigenvalue weighted by Gasteiger charge is -2.24. The first-order chi connectivity index (χ1) is 11.1. The van der Waals surface area contributed by atoms with E-state index >= 15 is 0 Å². The average molecular weight is 347 g/mol. The Morgan fingerprint density at radius 2 is 2.30 bits per heavy atom. The van der Waals surface area contributed by atoms with E-state index in [4.69, 9.17) is 11.6 Å². The standard InChI is InChI=1S/C15H11ClN4O2S/c16-12-5-8-4-10(20-15(8)23-12)14(22)18-9-3-7-1-2-17-6-11(7)19-13(9)21/h1-2,4-6,9,20H,3H2,(H,18,22)(H,19,21). The first-order valence-corrected chi connectivity index (χ1v) is 8.12. The number of fused-ring (bicyclic) bond motifs is 2. The summed E-state index contributed by atoms with van der Waals surface area (Å²) in [7, 11) is 0. The Bertz CT molecular complexity index is 901. The Morgan fingerprint density at radius 3 is 3.13 bits per heavy atom. The monoisotopic (exact) mass is 346 g/mol. The summed E-state index contributed by atoms with van der Waals surface area (Å²) in [5, 5.41) is 6.40. The number of hydrogen-bond donors (Lipinski definition) is 3. The predicted octanol–water partition coefficient (Wildman–Crippen LogP) is 2.57. The van der Waals surface area contributed by atoms with Crippen LogP contribution < -0.4 is 10.6 Å². The molecular formula is C15H11ClN4O2S. The molecular weight excluding hydrogens is 336 g/mol. The SMILES string of the molecule is O=C(NC1Cc2ccncc2NC1=O)c1cc2cc(Cl)sc2[nH]1. The van der Waals surface area contributed by atoms with Gasteiger partial charge in [-0.15, -0.1) is 11.3 Å². The molecule has 8 heteroatoms. The highest BCUT2D eigenvalue weighted by Crippen LogP contribution is 2.29. The van der Waals surface area contributed by atoms with Crippen molar-refractivity contribution in [1.82, 2.24) is 15.3 Å². The second-order valence-corrected chi connectivity index (χ2v) is 6.95. The summed E-state index contributed by atoms with van der Waals surface area (Å²) < 4.78 is 0.662. The number of nitrogens with zero attached hydrogens (tertiary/aromatic N) is 1. The molecule has 0 aliphatic carbocycles. The Labute approximate surface area is 139 Å². The number of carbonyl (C=O) groups is 2. The number of aromatic nitrogens is 2. The summed E-state index contributed by atoms with van der Waals surface area (Å²) in [5.41, 5.74) is 2.05. The third-order valence-corrected chi connectivity index (χ3v) is 4.93. The van der Waals surface area contributed by atoms with Gasteiger partial charge in [-0.25, -0.2) is 0 Å². The van der Waals surface area contributed by atoms with E-state index in [-0.39, 0.29) is 11.8 Å². The van der Waals surface area contributed by atoms with Crippen LogP contribution in [-0.4, -0.2) is 27.8 Å². The van der Waals surface area contributed by atoms with Gasteiger partial charge in [0.15, 0.2) is 0 Å². The molecule has 3 aromatic rings. The number of rotatable bonds is 2. The van der Waals surface area contributed by atoms with Crippen LogP contribution in [0.5, 0.6) is 0 Å². The van der Waals surface area contributed by atoms with E-state index in [1.54, 1.807) is 24.5 Å². The van der Waals surface area contributed by atoms with E-state index in [1.807, 2.05) is 6.07 Å². The van der Waals surface area contributed by atoms with Crippen LogP contribution in [0.1, 0.15) is 16.1 Å². The topological polar surface area (TPSA) is 86.9 Å². The van der Waals surface area contributed by atoms with Crippen LogP contribution in [0.3, 0.4) is 0 Å². The molecule has 0 saturated heterocycles. The van der Waals surface area contributed by atoms with Crippen LogP contribution in [0, 0.1) is 0 Å². The maximum absolute atomic E-state index is 12.4. The number of thiophene rings is 1. The highest BCUT2D eigenvalue weighted by atomic mass is 35.5. The Morgan fingerprint density at radius 1 is 1.43 bits per heavy atom. The molecule has 0 saturated carbocycles. The normalized spacial score (nSPS) is 16.9. The highest BCUT2D eigenvalue weighted by molar-refractivity contribution is 7.22. The summed E-state index contributed by atoms with van der Waals surface area (Å²) in [6.07, 6.45) is 3.71. The molecule has 23 heavy (non-hydrogen) atoms. The van der Waals surface area contributed by atoms with Crippen molar-refractivity contribution < 1.29 is 9.59 Å². The van der Waals surface area contributed by atoms with Gasteiger partial charge in [-0.2, -0.15) is 0 Å². The number of halogens is 1. The number of anilines is 1. The third kappa shape index (κ3) is 2.58. The van der Waals surface area contributed by atoms with E-state index < -0.39 is 6.04 Å². The van der Waals surface area contributed by atoms with Crippen LogP contribution in [0.4, 0.5) is 5.69 Å². The maximum atomic E-state index is 12.4. The van der Waals surface area contributed by atoms with Gasteiger partial charge in [0.05, 0.1) is 16.2 Å². The molecule has 4 rings (SSSR count). The molecule has 0 radical (unpaired) electrons. The van der Waals surface area contributed by atoms with Gasteiger partial charge in [-0.1, -0.05) is 11.6 Å².